The van der Waals surface area contributed by atoms with E-state index in [4.69, 9.17) is 0 Å². The van der Waals surface area contributed by atoms with Crippen molar-refractivity contribution < 1.29 is 13.6 Å². The van der Waals surface area contributed by atoms with E-state index in [0.717, 1.165) is 12.1 Å². The minimum absolute atomic E-state index is 0.0223. The third kappa shape index (κ3) is 4.09. The maximum absolute atomic E-state index is 13.5. The van der Waals surface area contributed by atoms with Crippen LogP contribution in [0.5, 0.6) is 0 Å². The van der Waals surface area contributed by atoms with Crippen LogP contribution < -0.4 is 10.6 Å². The third-order valence-corrected chi connectivity index (χ3v) is 4.03. The SMILES string of the molecule is CNc1c(F)cc(C(=O)NCC(C)(C)SC)cc1F. The van der Waals surface area contributed by atoms with Gasteiger partial charge in [-0.05, 0) is 32.2 Å². The van der Waals surface area contributed by atoms with E-state index in [2.05, 4.69) is 10.6 Å². The molecular weight excluding hydrogens is 270 g/mol. The lowest BCUT2D eigenvalue weighted by molar-refractivity contribution is 0.0950. The van der Waals surface area contributed by atoms with Crippen LogP contribution in [0.25, 0.3) is 0 Å². The zero-order valence-corrected chi connectivity index (χ0v) is 12.3. The summed E-state index contributed by atoms with van der Waals surface area (Å²) in [5.41, 5.74) is -0.258. The van der Waals surface area contributed by atoms with E-state index in [-0.39, 0.29) is 16.0 Å². The number of hydrogen-bond acceptors (Lipinski definition) is 3. The minimum Gasteiger partial charge on any atom is -0.383 e. The van der Waals surface area contributed by atoms with Gasteiger partial charge in [0.2, 0.25) is 0 Å². The fourth-order valence-corrected chi connectivity index (χ4v) is 1.63. The van der Waals surface area contributed by atoms with Gasteiger partial charge in [-0.2, -0.15) is 11.8 Å². The molecule has 0 fully saturated rings. The van der Waals surface area contributed by atoms with Gasteiger partial charge in [-0.15, -0.1) is 0 Å². The number of carbonyl (C=O) groups excluding carboxylic acids is 1. The second-order valence-corrected chi connectivity index (χ2v) is 6.22. The van der Waals surface area contributed by atoms with Crippen LogP contribution in [0.4, 0.5) is 14.5 Å². The summed E-state index contributed by atoms with van der Waals surface area (Å²) < 4.78 is 26.9. The van der Waals surface area contributed by atoms with Crippen molar-refractivity contribution in [1.82, 2.24) is 5.32 Å². The Labute approximate surface area is 116 Å². The summed E-state index contributed by atoms with van der Waals surface area (Å²) in [5, 5.41) is 5.08. The van der Waals surface area contributed by atoms with E-state index >= 15 is 0 Å². The third-order valence-electron chi connectivity index (χ3n) is 2.78. The van der Waals surface area contributed by atoms with E-state index in [1.165, 1.54) is 7.05 Å². The molecule has 0 aromatic heterocycles. The molecule has 0 saturated carbocycles. The molecule has 6 heteroatoms. The number of anilines is 1. The normalized spacial score (nSPS) is 11.3. The molecule has 0 spiro atoms. The number of carbonyl (C=O) groups is 1. The van der Waals surface area contributed by atoms with E-state index < -0.39 is 17.5 Å². The van der Waals surface area contributed by atoms with Crippen molar-refractivity contribution in [3.63, 3.8) is 0 Å². The molecular formula is C13H18F2N2OS. The van der Waals surface area contributed by atoms with Gasteiger partial charge in [-0.25, -0.2) is 8.78 Å². The Kier molecular flexibility index (Phi) is 5.17. The molecule has 1 aromatic carbocycles. The van der Waals surface area contributed by atoms with Crippen LogP contribution in [0, 0.1) is 11.6 Å². The van der Waals surface area contributed by atoms with Gasteiger partial charge in [-0.3, -0.25) is 4.79 Å². The lowest BCUT2D eigenvalue weighted by Crippen LogP contribution is -2.36. The van der Waals surface area contributed by atoms with E-state index in [9.17, 15) is 13.6 Å². The first-order chi connectivity index (χ1) is 8.80. The Morgan fingerprint density at radius 2 is 1.84 bits per heavy atom. The maximum atomic E-state index is 13.5. The topological polar surface area (TPSA) is 41.1 Å². The van der Waals surface area contributed by atoms with Crippen molar-refractivity contribution in [3.8, 4) is 0 Å². The van der Waals surface area contributed by atoms with Gasteiger partial charge in [0.1, 0.15) is 17.3 Å². The van der Waals surface area contributed by atoms with Gasteiger partial charge in [0.25, 0.3) is 5.91 Å². The maximum Gasteiger partial charge on any atom is 0.251 e. The van der Waals surface area contributed by atoms with Crippen LogP contribution in [-0.4, -0.2) is 30.5 Å². The Morgan fingerprint density at radius 1 is 1.32 bits per heavy atom. The predicted molar refractivity (Wildman–Crippen MR) is 75.8 cm³/mol. The molecule has 0 aliphatic carbocycles. The summed E-state index contributed by atoms with van der Waals surface area (Å²) >= 11 is 1.60. The zero-order valence-electron chi connectivity index (χ0n) is 11.4. The van der Waals surface area contributed by atoms with Crippen molar-refractivity contribution >= 4 is 23.4 Å². The van der Waals surface area contributed by atoms with Gasteiger partial charge in [0.15, 0.2) is 0 Å². The second-order valence-electron chi connectivity index (χ2n) is 4.71. The van der Waals surface area contributed by atoms with Crippen molar-refractivity contribution in [2.45, 2.75) is 18.6 Å². The largest absolute Gasteiger partial charge is 0.383 e. The average Bonchev–Trinajstić information content (AvgIpc) is 2.35. The number of amides is 1. The summed E-state index contributed by atoms with van der Waals surface area (Å²) in [7, 11) is 1.42. The summed E-state index contributed by atoms with van der Waals surface area (Å²) in [5.74, 6) is -2.05. The van der Waals surface area contributed by atoms with Crippen LogP contribution in [-0.2, 0) is 0 Å². The Morgan fingerprint density at radius 3 is 2.26 bits per heavy atom. The number of thioether (sulfide) groups is 1. The first kappa shape index (κ1) is 15.8. The molecule has 0 bridgehead atoms. The van der Waals surface area contributed by atoms with Crippen LogP contribution in [0.2, 0.25) is 0 Å². The molecule has 0 aliphatic rings. The second kappa shape index (κ2) is 6.23. The zero-order chi connectivity index (χ0) is 14.6. The van der Waals surface area contributed by atoms with Crippen molar-refractivity contribution in [1.29, 1.82) is 0 Å². The van der Waals surface area contributed by atoms with Crippen molar-refractivity contribution in [3.05, 3.63) is 29.3 Å². The van der Waals surface area contributed by atoms with Gasteiger partial charge in [0, 0.05) is 23.9 Å². The molecule has 0 heterocycles. The lowest BCUT2D eigenvalue weighted by atomic mass is 10.1. The number of hydrogen-bond donors (Lipinski definition) is 2. The highest BCUT2D eigenvalue weighted by atomic mass is 32.2. The average molecular weight is 288 g/mol. The van der Waals surface area contributed by atoms with Crippen LogP contribution in [0.3, 0.4) is 0 Å². The number of nitrogens with one attached hydrogen (secondary N) is 2. The first-order valence-corrected chi connectivity index (χ1v) is 7.03. The Bertz CT molecular complexity index is 455. The Hall–Kier alpha value is -1.30. The van der Waals surface area contributed by atoms with Crippen LogP contribution >= 0.6 is 11.8 Å². The van der Waals surface area contributed by atoms with Crippen molar-refractivity contribution in [2.24, 2.45) is 0 Å². The smallest absolute Gasteiger partial charge is 0.251 e. The predicted octanol–water partition coefficient (Wildman–Crippen LogP) is 2.88. The van der Waals surface area contributed by atoms with Gasteiger partial charge >= 0.3 is 0 Å². The molecule has 0 radical (unpaired) electrons. The van der Waals surface area contributed by atoms with Gasteiger partial charge in [0.05, 0.1) is 0 Å². The quantitative estimate of drug-likeness (QED) is 0.875. The van der Waals surface area contributed by atoms with Crippen molar-refractivity contribution in [2.75, 3.05) is 25.2 Å². The summed E-state index contributed by atoms with van der Waals surface area (Å²) in [6.45, 7) is 4.37. The standard InChI is InChI=1S/C13H18F2N2OS/c1-13(2,19-4)7-17-12(18)8-5-9(14)11(16-3)10(15)6-8/h5-6,16H,7H2,1-4H3,(H,17,18). The Balaban J connectivity index is 2.84. The molecule has 0 saturated heterocycles. The molecule has 19 heavy (non-hydrogen) atoms. The molecule has 0 unspecified atom stereocenters. The molecule has 0 atom stereocenters. The molecule has 1 amide bonds. The summed E-state index contributed by atoms with van der Waals surface area (Å²) in [6, 6.07) is 2.05. The lowest BCUT2D eigenvalue weighted by Gasteiger charge is -2.22. The number of rotatable bonds is 5. The monoisotopic (exact) mass is 288 g/mol. The fraction of sp³-hybridized carbons (Fsp3) is 0.462. The molecule has 2 N–H and O–H groups in total. The highest BCUT2D eigenvalue weighted by Crippen LogP contribution is 2.21. The number of benzene rings is 1. The van der Waals surface area contributed by atoms with E-state index in [1.54, 1.807) is 11.8 Å². The fourth-order valence-electron chi connectivity index (χ4n) is 1.41. The molecule has 0 aliphatic heterocycles. The molecule has 106 valence electrons. The van der Waals surface area contributed by atoms with Gasteiger partial charge < -0.3 is 10.6 Å². The van der Waals surface area contributed by atoms with Gasteiger partial charge in [-0.1, -0.05) is 0 Å². The highest BCUT2D eigenvalue weighted by molar-refractivity contribution is 7.99. The molecule has 1 rings (SSSR count). The minimum atomic E-state index is -0.781. The van der Waals surface area contributed by atoms with E-state index in [1.807, 2.05) is 20.1 Å². The highest BCUT2D eigenvalue weighted by Gasteiger charge is 2.19. The summed E-state index contributed by atoms with van der Waals surface area (Å²) in [4.78, 5) is 11.8. The van der Waals surface area contributed by atoms with E-state index in [0.29, 0.717) is 6.54 Å². The first-order valence-electron chi connectivity index (χ1n) is 5.81. The summed E-state index contributed by atoms with van der Waals surface area (Å²) in [6.07, 6.45) is 1.94. The number of halogens is 2. The molecule has 3 nitrogen and oxygen atoms in total. The van der Waals surface area contributed by atoms with Crippen LogP contribution in [0.15, 0.2) is 12.1 Å². The van der Waals surface area contributed by atoms with Crippen LogP contribution in [0.1, 0.15) is 24.2 Å². The molecule has 1 aromatic rings.